The highest BCUT2D eigenvalue weighted by molar-refractivity contribution is 9.10. The quantitative estimate of drug-likeness (QED) is 0.906. The summed E-state index contributed by atoms with van der Waals surface area (Å²) in [5.41, 5.74) is 2.37. The van der Waals surface area contributed by atoms with Crippen molar-refractivity contribution >= 4 is 15.9 Å². The highest BCUT2D eigenvalue weighted by Gasteiger charge is 2.19. The first-order valence-corrected chi connectivity index (χ1v) is 7.01. The van der Waals surface area contributed by atoms with Crippen molar-refractivity contribution in [1.29, 1.82) is 0 Å². The van der Waals surface area contributed by atoms with E-state index in [1.807, 2.05) is 0 Å². The van der Waals surface area contributed by atoms with Crippen molar-refractivity contribution in [2.24, 2.45) is 0 Å². The molecule has 1 aliphatic heterocycles. The number of methoxy groups -OCH3 is 1. The number of fused-ring (bicyclic) bond motifs is 1. The Hall–Kier alpha value is -0.580. The van der Waals surface area contributed by atoms with Gasteiger partial charge in [-0.3, -0.25) is 0 Å². The van der Waals surface area contributed by atoms with Gasteiger partial charge in [0, 0.05) is 36.7 Å². The Morgan fingerprint density at radius 2 is 2.22 bits per heavy atom. The van der Waals surface area contributed by atoms with Gasteiger partial charge in [-0.05, 0) is 31.5 Å². The van der Waals surface area contributed by atoms with Gasteiger partial charge >= 0.3 is 0 Å². The first-order valence-electron chi connectivity index (χ1n) is 6.22. The standard InChI is InChI=1S/C14H20BrNO2/c1-14(2,17-3)9-16-8-11-7-12(15)6-10-4-5-18-13(10)11/h6-7,16H,4-5,8-9H2,1-3H3. The molecule has 18 heavy (non-hydrogen) atoms. The summed E-state index contributed by atoms with van der Waals surface area (Å²) in [6.45, 7) is 6.55. The third-order valence-corrected chi connectivity index (χ3v) is 3.70. The number of hydrogen-bond donors (Lipinski definition) is 1. The number of benzene rings is 1. The molecule has 0 saturated carbocycles. The van der Waals surface area contributed by atoms with Gasteiger partial charge in [0.05, 0.1) is 12.2 Å². The van der Waals surface area contributed by atoms with Crippen LogP contribution in [0.1, 0.15) is 25.0 Å². The molecule has 1 N–H and O–H groups in total. The molecule has 1 aromatic carbocycles. The maximum absolute atomic E-state index is 5.70. The molecule has 1 aromatic rings. The average molecular weight is 314 g/mol. The van der Waals surface area contributed by atoms with Gasteiger partial charge in [0.25, 0.3) is 0 Å². The van der Waals surface area contributed by atoms with E-state index in [4.69, 9.17) is 9.47 Å². The number of ether oxygens (including phenoxy) is 2. The van der Waals surface area contributed by atoms with E-state index in [-0.39, 0.29) is 5.60 Å². The Bertz CT molecular complexity index is 432. The zero-order valence-corrected chi connectivity index (χ0v) is 12.8. The minimum atomic E-state index is -0.143. The first kappa shape index (κ1) is 13.8. The fourth-order valence-corrected chi connectivity index (χ4v) is 2.60. The molecule has 1 aliphatic rings. The molecular formula is C14H20BrNO2. The van der Waals surface area contributed by atoms with Crippen LogP contribution in [0.3, 0.4) is 0 Å². The van der Waals surface area contributed by atoms with E-state index in [1.165, 1.54) is 11.1 Å². The van der Waals surface area contributed by atoms with Crippen LogP contribution in [0.2, 0.25) is 0 Å². The van der Waals surface area contributed by atoms with Crippen LogP contribution in [0.5, 0.6) is 5.75 Å². The summed E-state index contributed by atoms with van der Waals surface area (Å²) in [6, 6.07) is 4.27. The van der Waals surface area contributed by atoms with Crippen LogP contribution in [-0.2, 0) is 17.7 Å². The topological polar surface area (TPSA) is 30.5 Å². The van der Waals surface area contributed by atoms with Crippen molar-refractivity contribution in [3.05, 3.63) is 27.7 Å². The molecule has 0 amide bonds. The molecule has 0 bridgehead atoms. The lowest BCUT2D eigenvalue weighted by Gasteiger charge is -2.23. The van der Waals surface area contributed by atoms with Gasteiger partial charge in [0.15, 0.2) is 0 Å². The molecule has 2 rings (SSSR count). The van der Waals surface area contributed by atoms with Crippen LogP contribution < -0.4 is 10.1 Å². The maximum Gasteiger partial charge on any atom is 0.127 e. The zero-order chi connectivity index (χ0) is 13.2. The predicted molar refractivity (Wildman–Crippen MR) is 76.1 cm³/mol. The first-order chi connectivity index (χ1) is 8.52. The predicted octanol–water partition coefficient (Wildman–Crippen LogP) is 2.90. The molecular weight excluding hydrogens is 294 g/mol. The molecule has 0 aromatic heterocycles. The highest BCUT2D eigenvalue weighted by atomic mass is 79.9. The third kappa shape index (κ3) is 3.25. The van der Waals surface area contributed by atoms with E-state index in [1.54, 1.807) is 7.11 Å². The van der Waals surface area contributed by atoms with E-state index < -0.39 is 0 Å². The average Bonchev–Trinajstić information content (AvgIpc) is 2.76. The Kier molecular flexibility index (Phi) is 4.30. The molecule has 0 atom stereocenters. The van der Waals surface area contributed by atoms with Crippen LogP contribution in [-0.4, -0.2) is 25.9 Å². The van der Waals surface area contributed by atoms with Gasteiger partial charge in [0.1, 0.15) is 5.75 Å². The van der Waals surface area contributed by atoms with E-state index in [0.717, 1.165) is 36.3 Å². The maximum atomic E-state index is 5.70. The molecule has 4 heteroatoms. The molecule has 1 heterocycles. The zero-order valence-electron chi connectivity index (χ0n) is 11.2. The van der Waals surface area contributed by atoms with Gasteiger partial charge in [0.2, 0.25) is 0 Å². The van der Waals surface area contributed by atoms with E-state index >= 15 is 0 Å². The summed E-state index contributed by atoms with van der Waals surface area (Å²) in [7, 11) is 1.74. The van der Waals surface area contributed by atoms with Gasteiger partial charge in [-0.25, -0.2) is 0 Å². The Morgan fingerprint density at radius 1 is 1.44 bits per heavy atom. The summed E-state index contributed by atoms with van der Waals surface area (Å²) in [5.74, 6) is 1.06. The summed E-state index contributed by atoms with van der Waals surface area (Å²) >= 11 is 3.55. The van der Waals surface area contributed by atoms with Crippen molar-refractivity contribution in [2.45, 2.75) is 32.4 Å². The Morgan fingerprint density at radius 3 is 2.94 bits per heavy atom. The molecule has 0 fully saturated rings. The second kappa shape index (κ2) is 5.59. The minimum absolute atomic E-state index is 0.143. The Balaban J connectivity index is 2.02. The SMILES string of the molecule is COC(C)(C)CNCc1cc(Br)cc2c1OCC2. The lowest BCUT2D eigenvalue weighted by molar-refractivity contribution is 0.0230. The second-order valence-corrected chi connectivity index (χ2v) is 6.13. The third-order valence-electron chi connectivity index (χ3n) is 3.24. The summed E-state index contributed by atoms with van der Waals surface area (Å²) in [4.78, 5) is 0. The van der Waals surface area contributed by atoms with Gasteiger partial charge in [-0.1, -0.05) is 15.9 Å². The largest absolute Gasteiger partial charge is 0.493 e. The second-order valence-electron chi connectivity index (χ2n) is 5.22. The van der Waals surface area contributed by atoms with E-state index in [9.17, 15) is 0 Å². The summed E-state index contributed by atoms with van der Waals surface area (Å²) in [6.07, 6.45) is 1.01. The molecule has 0 saturated heterocycles. The van der Waals surface area contributed by atoms with E-state index in [0.29, 0.717) is 0 Å². The number of rotatable bonds is 5. The van der Waals surface area contributed by atoms with Gasteiger partial charge < -0.3 is 14.8 Å². The summed E-state index contributed by atoms with van der Waals surface area (Å²) < 4.78 is 12.2. The van der Waals surface area contributed by atoms with E-state index in [2.05, 4.69) is 47.2 Å². The molecule has 0 radical (unpaired) electrons. The van der Waals surface area contributed by atoms with Crippen molar-refractivity contribution in [3.8, 4) is 5.75 Å². The van der Waals surface area contributed by atoms with Crippen LogP contribution in [0.25, 0.3) is 0 Å². The fraction of sp³-hybridized carbons (Fsp3) is 0.571. The monoisotopic (exact) mass is 313 g/mol. The smallest absolute Gasteiger partial charge is 0.127 e. The molecule has 3 nitrogen and oxygen atoms in total. The molecule has 0 aliphatic carbocycles. The van der Waals surface area contributed by atoms with Crippen molar-refractivity contribution in [3.63, 3.8) is 0 Å². The van der Waals surface area contributed by atoms with Gasteiger partial charge in [-0.15, -0.1) is 0 Å². The van der Waals surface area contributed by atoms with Crippen molar-refractivity contribution in [1.82, 2.24) is 5.32 Å². The molecule has 100 valence electrons. The van der Waals surface area contributed by atoms with Crippen molar-refractivity contribution in [2.75, 3.05) is 20.3 Å². The number of nitrogens with one attached hydrogen (secondary N) is 1. The lowest BCUT2D eigenvalue weighted by Crippen LogP contribution is -2.36. The molecule has 0 unspecified atom stereocenters. The minimum Gasteiger partial charge on any atom is -0.493 e. The summed E-state index contributed by atoms with van der Waals surface area (Å²) in [5, 5.41) is 3.42. The fourth-order valence-electron chi connectivity index (χ4n) is 2.05. The normalized spacial score (nSPS) is 14.4. The van der Waals surface area contributed by atoms with Crippen LogP contribution in [0, 0.1) is 0 Å². The molecule has 0 spiro atoms. The van der Waals surface area contributed by atoms with Crippen LogP contribution in [0.4, 0.5) is 0 Å². The lowest BCUT2D eigenvalue weighted by atomic mass is 10.1. The number of hydrogen-bond acceptors (Lipinski definition) is 3. The number of halogens is 1. The van der Waals surface area contributed by atoms with Gasteiger partial charge in [-0.2, -0.15) is 0 Å². The Labute approximate surface area is 117 Å². The van der Waals surface area contributed by atoms with Crippen LogP contribution >= 0.6 is 15.9 Å². The van der Waals surface area contributed by atoms with Crippen molar-refractivity contribution < 1.29 is 9.47 Å². The van der Waals surface area contributed by atoms with Crippen LogP contribution in [0.15, 0.2) is 16.6 Å². The highest BCUT2D eigenvalue weighted by Crippen LogP contribution is 2.32.